The minimum atomic E-state index is -1.01. The molecule has 0 aliphatic heterocycles. The zero-order chi connectivity index (χ0) is 9.14. The Hall–Kier alpha value is -0.970. The van der Waals surface area contributed by atoms with Gasteiger partial charge < -0.3 is 10.5 Å². The third-order valence-electron chi connectivity index (χ3n) is 1.37. The fraction of sp³-hybridized carbons (Fsp3) is 0. The number of hydrogen-bond donors (Lipinski definition) is 3. The van der Waals surface area contributed by atoms with E-state index >= 15 is 0 Å². The zero-order valence-corrected chi connectivity index (χ0v) is 8.02. The van der Waals surface area contributed by atoms with Gasteiger partial charge in [0.1, 0.15) is 0 Å². The summed E-state index contributed by atoms with van der Waals surface area (Å²) in [6.45, 7) is 0. The Bertz CT molecular complexity index is 317. The molecule has 72 valence electrons. The molecule has 1 rings (SSSR count). The number of carboxylic acids is 1. The van der Waals surface area contributed by atoms with Gasteiger partial charge in [0.05, 0.1) is 16.3 Å². The van der Waals surface area contributed by atoms with Gasteiger partial charge in [0.25, 0.3) is 0 Å². The van der Waals surface area contributed by atoms with Crippen LogP contribution in [0.2, 0.25) is 5.02 Å². The second-order valence-corrected chi connectivity index (χ2v) is 2.55. The lowest BCUT2D eigenvalue weighted by molar-refractivity contribution is 0.0697. The minimum absolute atomic E-state index is 0. The molecule has 1 aromatic carbocycles. The number of anilines is 1. The summed E-state index contributed by atoms with van der Waals surface area (Å²) in [5, 5.41) is 8.85. The van der Waals surface area contributed by atoms with Crippen molar-refractivity contribution in [3.8, 4) is 0 Å². The molecule has 0 aliphatic carbocycles. The van der Waals surface area contributed by atoms with Crippen LogP contribution >= 0.6 is 24.0 Å². The van der Waals surface area contributed by atoms with Gasteiger partial charge in [-0.2, -0.15) is 0 Å². The van der Waals surface area contributed by atoms with E-state index in [2.05, 4.69) is 5.43 Å². The van der Waals surface area contributed by atoms with Crippen LogP contribution in [0, 0.1) is 0 Å². The van der Waals surface area contributed by atoms with Crippen LogP contribution in [-0.4, -0.2) is 11.1 Å². The molecule has 0 aromatic heterocycles. The highest BCUT2D eigenvalue weighted by atomic mass is 35.5. The van der Waals surface area contributed by atoms with Gasteiger partial charge in [-0.05, 0) is 18.2 Å². The van der Waals surface area contributed by atoms with E-state index in [4.69, 9.17) is 22.6 Å². The molecule has 0 heterocycles. The maximum Gasteiger partial charge on any atom is 0.335 e. The van der Waals surface area contributed by atoms with E-state index in [1.807, 2.05) is 0 Å². The van der Waals surface area contributed by atoms with Gasteiger partial charge >= 0.3 is 5.97 Å². The molecular weight excluding hydrogens is 215 g/mol. The summed E-state index contributed by atoms with van der Waals surface area (Å²) in [6, 6.07) is 4.26. The molecule has 6 heteroatoms. The molecule has 0 aliphatic rings. The fourth-order valence-electron chi connectivity index (χ4n) is 0.765. The van der Waals surface area contributed by atoms with Crippen LogP contribution in [0.25, 0.3) is 0 Å². The zero-order valence-electron chi connectivity index (χ0n) is 6.45. The monoisotopic (exact) mass is 222 g/mol. The summed E-state index contributed by atoms with van der Waals surface area (Å²) in [7, 11) is 0. The first-order chi connectivity index (χ1) is 5.65. The van der Waals surface area contributed by atoms with E-state index in [0.717, 1.165) is 0 Å². The Morgan fingerprint density at radius 1 is 1.54 bits per heavy atom. The number of benzene rings is 1. The molecule has 0 saturated heterocycles. The summed E-state index contributed by atoms with van der Waals surface area (Å²) < 4.78 is 0. The number of halogens is 2. The van der Waals surface area contributed by atoms with Crippen molar-refractivity contribution < 1.29 is 9.90 Å². The van der Waals surface area contributed by atoms with Crippen molar-refractivity contribution in [3.05, 3.63) is 28.8 Å². The van der Waals surface area contributed by atoms with E-state index in [1.165, 1.54) is 18.2 Å². The lowest BCUT2D eigenvalue weighted by atomic mass is 10.2. The molecule has 0 atom stereocenters. The highest BCUT2D eigenvalue weighted by molar-refractivity contribution is 6.33. The summed E-state index contributed by atoms with van der Waals surface area (Å²) in [5.74, 6) is 4.08. The Morgan fingerprint density at radius 2 is 2.15 bits per heavy atom. The second-order valence-electron chi connectivity index (χ2n) is 2.14. The maximum atomic E-state index is 10.4. The summed E-state index contributed by atoms with van der Waals surface area (Å²) >= 11 is 5.67. The van der Waals surface area contributed by atoms with Crippen LogP contribution in [0.4, 0.5) is 5.69 Å². The van der Waals surface area contributed by atoms with Gasteiger partial charge in [-0.3, -0.25) is 5.84 Å². The van der Waals surface area contributed by atoms with Crippen molar-refractivity contribution in [2.75, 3.05) is 5.43 Å². The summed E-state index contributed by atoms with van der Waals surface area (Å²) in [6.07, 6.45) is 0. The quantitative estimate of drug-likeness (QED) is 0.527. The lowest BCUT2D eigenvalue weighted by Gasteiger charge is -2.02. The molecule has 1 aromatic rings. The molecule has 0 radical (unpaired) electrons. The van der Waals surface area contributed by atoms with Gasteiger partial charge in [-0.15, -0.1) is 12.4 Å². The molecular formula is C7H8Cl2N2O2. The van der Waals surface area contributed by atoms with Gasteiger partial charge in [0.2, 0.25) is 0 Å². The number of nitrogen functional groups attached to an aromatic ring is 1. The van der Waals surface area contributed by atoms with E-state index in [0.29, 0.717) is 5.69 Å². The van der Waals surface area contributed by atoms with Gasteiger partial charge in [-0.1, -0.05) is 11.6 Å². The molecule has 0 saturated carbocycles. The first-order valence-electron chi connectivity index (χ1n) is 3.14. The number of nitrogens with two attached hydrogens (primary N) is 1. The van der Waals surface area contributed by atoms with Crippen LogP contribution in [0.3, 0.4) is 0 Å². The maximum absolute atomic E-state index is 10.4. The van der Waals surface area contributed by atoms with E-state index in [1.54, 1.807) is 0 Å². The third-order valence-corrected chi connectivity index (χ3v) is 1.68. The number of hydrazine groups is 1. The molecule has 0 spiro atoms. The minimum Gasteiger partial charge on any atom is -0.478 e. The summed E-state index contributed by atoms with van der Waals surface area (Å²) in [5.41, 5.74) is 2.98. The predicted molar refractivity (Wildman–Crippen MR) is 53.5 cm³/mol. The first-order valence-corrected chi connectivity index (χ1v) is 3.52. The number of aromatic carboxylic acids is 1. The Labute approximate surface area is 86.1 Å². The molecule has 0 fully saturated rings. The molecule has 13 heavy (non-hydrogen) atoms. The number of carbonyl (C=O) groups is 1. The van der Waals surface area contributed by atoms with Crippen molar-refractivity contribution >= 4 is 35.7 Å². The predicted octanol–water partition coefficient (Wildman–Crippen LogP) is 1.75. The van der Waals surface area contributed by atoms with Crippen LogP contribution in [0.15, 0.2) is 18.2 Å². The van der Waals surface area contributed by atoms with Gasteiger partial charge in [0, 0.05) is 0 Å². The Kier molecular flexibility index (Phi) is 4.55. The fourth-order valence-corrected chi connectivity index (χ4v) is 1.00. The SMILES string of the molecule is Cl.NNc1ccc(C(=O)O)cc1Cl. The number of nitrogens with one attached hydrogen (secondary N) is 1. The smallest absolute Gasteiger partial charge is 0.335 e. The van der Waals surface area contributed by atoms with Crippen LogP contribution in [0.1, 0.15) is 10.4 Å². The van der Waals surface area contributed by atoms with Crippen molar-refractivity contribution in [1.82, 2.24) is 0 Å². The van der Waals surface area contributed by atoms with Crippen molar-refractivity contribution in [3.63, 3.8) is 0 Å². The Morgan fingerprint density at radius 3 is 2.54 bits per heavy atom. The van der Waals surface area contributed by atoms with E-state index < -0.39 is 5.97 Å². The molecule has 4 nitrogen and oxygen atoms in total. The second kappa shape index (κ2) is 4.91. The molecule has 0 amide bonds. The normalized spacial score (nSPS) is 8.77. The number of rotatable bonds is 2. The van der Waals surface area contributed by atoms with Crippen molar-refractivity contribution in [2.24, 2.45) is 5.84 Å². The Balaban J connectivity index is 0.00000144. The standard InChI is InChI=1S/C7H7ClN2O2.ClH/c8-5-3-4(7(11)12)1-2-6(5)10-9;/h1-3,10H,9H2,(H,11,12);1H. The average molecular weight is 223 g/mol. The highest BCUT2D eigenvalue weighted by Crippen LogP contribution is 2.21. The van der Waals surface area contributed by atoms with Crippen molar-refractivity contribution in [2.45, 2.75) is 0 Å². The van der Waals surface area contributed by atoms with E-state index in [9.17, 15) is 4.79 Å². The number of carboxylic acid groups (broad SMARTS) is 1. The van der Waals surface area contributed by atoms with Gasteiger partial charge in [-0.25, -0.2) is 4.79 Å². The van der Waals surface area contributed by atoms with Crippen LogP contribution < -0.4 is 11.3 Å². The largest absolute Gasteiger partial charge is 0.478 e. The molecule has 0 bridgehead atoms. The van der Waals surface area contributed by atoms with Crippen molar-refractivity contribution in [1.29, 1.82) is 0 Å². The first kappa shape index (κ1) is 12.0. The average Bonchev–Trinajstić information content (AvgIpc) is 2.04. The van der Waals surface area contributed by atoms with E-state index in [-0.39, 0.29) is 23.0 Å². The number of hydrogen-bond acceptors (Lipinski definition) is 3. The molecule has 0 unspecified atom stereocenters. The molecule has 4 N–H and O–H groups in total. The van der Waals surface area contributed by atoms with Crippen LogP contribution in [-0.2, 0) is 0 Å². The van der Waals surface area contributed by atoms with Crippen LogP contribution in [0.5, 0.6) is 0 Å². The topological polar surface area (TPSA) is 75.3 Å². The highest BCUT2D eigenvalue weighted by Gasteiger charge is 2.05. The summed E-state index contributed by atoms with van der Waals surface area (Å²) in [4.78, 5) is 10.4. The van der Waals surface area contributed by atoms with Gasteiger partial charge in [0.15, 0.2) is 0 Å². The lowest BCUT2D eigenvalue weighted by Crippen LogP contribution is -2.07. The third kappa shape index (κ3) is 2.77.